The quantitative estimate of drug-likeness (QED) is 0.666. The normalized spacial score (nSPS) is 14.3. The van der Waals surface area contributed by atoms with Crippen LogP contribution >= 0.6 is 11.6 Å². The van der Waals surface area contributed by atoms with Crippen molar-refractivity contribution in [1.29, 1.82) is 0 Å². The molecule has 2 aromatic carbocycles. The molecular formula is C22H21ClN2O3. The number of nitrogens with zero attached hydrogens (tertiary/aromatic N) is 2. The Hall–Kier alpha value is -2.63. The van der Waals surface area contributed by atoms with Gasteiger partial charge in [0, 0.05) is 24.7 Å². The maximum atomic E-state index is 12.5. The molecule has 144 valence electrons. The molecule has 0 spiro atoms. The zero-order valence-electron chi connectivity index (χ0n) is 15.7. The maximum absolute atomic E-state index is 12.5. The number of morpholine rings is 1. The lowest BCUT2D eigenvalue weighted by Gasteiger charge is -2.26. The minimum absolute atomic E-state index is 0.0440. The molecule has 0 saturated carbocycles. The maximum Gasteiger partial charge on any atom is 0.260 e. The lowest BCUT2D eigenvalue weighted by molar-refractivity contribution is -0.137. The topological polar surface area (TPSA) is 51.7 Å². The third-order valence-electron chi connectivity index (χ3n) is 4.81. The molecule has 1 aromatic heterocycles. The van der Waals surface area contributed by atoms with Crippen molar-refractivity contribution >= 4 is 28.4 Å². The number of halogens is 1. The van der Waals surface area contributed by atoms with Gasteiger partial charge in [0.2, 0.25) is 0 Å². The second-order valence-electron chi connectivity index (χ2n) is 6.79. The van der Waals surface area contributed by atoms with Gasteiger partial charge in [0.1, 0.15) is 5.75 Å². The Kier molecular flexibility index (Phi) is 5.46. The molecule has 1 saturated heterocycles. The Morgan fingerprint density at radius 3 is 2.68 bits per heavy atom. The summed E-state index contributed by atoms with van der Waals surface area (Å²) in [6.07, 6.45) is 0. The number of aryl methyl sites for hydroxylation is 1. The van der Waals surface area contributed by atoms with E-state index in [0.29, 0.717) is 37.1 Å². The van der Waals surface area contributed by atoms with Crippen LogP contribution < -0.4 is 4.74 Å². The average Bonchev–Trinajstić information content (AvgIpc) is 2.73. The van der Waals surface area contributed by atoms with Crippen LogP contribution in [-0.2, 0) is 9.53 Å². The molecule has 1 aliphatic heterocycles. The van der Waals surface area contributed by atoms with Gasteiger partial charge in [-0.05, 0) is 19.1 Å². The summed E-state index contributed by atoms with van der Waals surface area (Å²) in [6, 6.07) is 15.5. The number of amides is 1. The zero-order chi connectivity index (χ0) is 19.5. The van der Waals surface area contributed by atoms with Gasteiger partial charge in [0.15, 0.2) is 6.61 Å². The second-order valence-corrected chi connectivity index (χ2v) is 7.19. The second kappa shape index (κ2) is 8.17. The molecule has 0 aliphatic carbocycles. The molecule has 0 atom stereocenters. The van der Waals surface area contributed by atoms with Crippen molar-refractivity contribution in [3.8, 4) is 17.0 Å². The highest BCUT2D eigenvalue weighted by Crippen LogP contribution is 2.34. The molecule has 1 fully saturated rings. The largest absolute Gasteiger partial charge is 0.483 e. The fourth-order valence-electron chi connectivity index (χ4n) is 3.24. The minimum atomic E-state index is -0.0581. The summed E-state index contributed by atoms with van der Waals surface area (Å²) >= 11 is 6.41. The SMILES string of the molecule is Cc1ccc(-c2cc(OCC(=O)N3CCOCC3)c3c(Cl)cccc3n2)cc1. The lowest BCUT2D eigenvalue weighted by atomic mass is 10.1. The molecule has 0 radical (unpaired) electrons. The fourth-order valence-corrected chi connectivity index (χ4v) is 3.50. The van der Waals surface area contributed by atoms with Crippen LogP contribution in [0.5, 0.6) is 5.75 Å². The van der Waals surface area contributed by atoms with Crippen molar-refractivity contribution in [2.75, 3.05) is 32.9 Å². The molecule has 1 aliphatic rings. The number of benzene rings is 2. The molecule has 1 amide bonds. The molecule has 3 aromatic rings. The van der Waals surface area contributed by atoms with Gasteiger partial charge in [-0.2, -0.15) is 0 Å². The lowest BCUT2D eigenvalue weighted by Crippen LogP contribution is -2.43. The average molecular weight is 397 g/mol. The zero-order valence-corrected chi connectivity index (χ0v) is 16.4. The molecule has 4 rings (SSSR count). The summed E-state index contributed by atoms with van der Waals surface area (Å²) < 4.78 is 11.2. The van der Waals surface area contributed by atoms with E-state index in [2.05, 4.69) is 0 Å². The number of rotatable bonds is 4. The summed E-state index contributed by atoms with van der Waals surface area (Å²) in [7, 11) is 0. The number of carbonyl (C=O) groups is 1. The Balaban J connectivity index is 1.67. The summed E-state index contributed by atoms with van der Waals surface area (Å²) in [4.78, 5) is 19.0. The van der Waals surface area contributed by atoms with Gasteiger partial charge in [-0.1, -0.05) is 47.5 Å². The van der Waals surface area contributed by atoms with Crippen LogP contribution in [0, 0.1) is 6.92 Å². The third kappa shape index (κ3) is 3.96. The number of aromatic nitrogens is 1. The van der Waals surface area contributed by atoms with Gasteiger partial charge < -0.3 is 14.4 Å². The van der Waals surface area contributed by atoms with Crippen molar-refractivity contribution in [1.82, 2.24) is 9.88 Å². The van der Waals surface area contributed by atoms with E-state index < -0.39 is 0 Å². The van der Waals surface area contributed by atoms with E-state index in [1.54, 1.807) is 11.0 Å². The van der Waals surface area contributed by atoms with E-state index in [1.807, 2.05) is 49.4 Å². The number of hydrogen-bond acceptors (Lipinski definition) is 4. The first kappa shape index (κ1) is 18.7. The Labute approximate surface area is 168 Å². The molecule has 0 unspecified atom stereocenters. The predicted octanol–water partition coefficient (Wildman–Crippen LogP) is 4.10. The number of pyridine rings is 1. The van der Waals surface area contributed by atoms with Crippen LogP contribution in [0.2, 0.25) is 5.02 Å². The van der Waals surface area contributed by atoms with E-state index in [9.17, 15) is 4.79 Å². The molecule has 6 heteroatoms. The summed E-state index contributed by atoms with van der Waals surface area (Å²) in [5.41, 5.74) is 3.68. The fraction of sp³-hybridized carbons (Fsp3) is 0.273. The van der Waals surface area contributed by atoms with Crippen LogP contribution in [0.25, 0.3) is 22.2 Å². The van der Waals surface area contributed by atoms with E-state index in [1.165, 1.54) is 5.56 Å². The summed E-state index contributed by atoms with van der Waals surface area (Å²) in [5, 5.41) is 1.27. The number of ether oxygens (including phenoxy) is 2. The number of hydrogen-bond donors (Lipinski definition) is 0. The van der Waals surface area contributed by atoms with Gasteiger partial charge >= 0.3 is 0 Å². The highest BCUT2D eigenvalue weighted by molar-refractivity contribution is 6.36. The summed E-state index contributed by atoms with van der Waals surface area (Å²) in [6.45, 7) is 4.31. The Bertz CT molecular complexity index is 999. The van der Waals surface area contributed by atoms with Crippen LogP contribution in [0.1, 0.15) is 5.56 Å². The van der Waals surface area contributed by atoms with E-state index in [-0.39, 0.29) is 12.5 Å². The van der Waals surface area contributed by atoms with Gasteiger partial charge in [-0.15, -0.1) is 0 Å². The van der Waals surface area contributed by atoms with Crippen molar-refractivity contribution < 1.29 is 14.3 Å². The van der Waals surface area contributed by atoms with Gasteiger partial charge in [-0.3, -0.25) is 4.79 Å². The highest BCUT2D eigenvalue weighted by atomic mass is 35.5. The predicted molar refractivity (Wildman–Crippen MR) is 110 cm³/mol. The Morgan fingerprint density at radius 1 is 1.18 bits per heavy atom. The standard InChI is InChI=1S/C22H21ClN2O3/c1-15-5-7-16(8-6-15)19-13-20(22-17(23)3-2-4-18(22)24-19)28-14-21(26)25-9-11-27-12-10-25/h2-8,13H,9-12,14H2,1H3. The van der Waals surface area contributed by atoms with Crippen LogP contribution in [0.3, 0.4) is 0 Å². The van der Waals surface area contributed by atoms with E-state index in [0.717, 1.165) is 22.2 Å². The first-order chi connectivity index (χ1) is 13.6. The van der Waals surface area contributed by atoms with E-state index in [4.69, 9.17) is 26.1 Å². The first-order valence-electron chi connectivity index (χ1n) is 9.26. The molecule has 0 bridgehead atoms. The van der Waals surface area contributed by atoms with Crippen LogP contribution in [0.15, 0.2) is 48.5 Å². The smallest absolute Gasteiger partial charge is 0.260 e. The summed E-state index contributed by atoms with van der Waals surface area (Å²) in [5.74, 6) is 0.505. The van der Waals surface area contributed by atoms with E-state index >= 15 is 0 Å². The monoisotopic (exact) mass is 396 g/mol. The van der Waals surface area contributed by atoms with Crippen LogP contribution in [0.4, 0.5) is 0 Å². The molecular weight excluding hydrogens is 376 g/mol. The molecule has 28 heavy (non-hydrogen) atoms. The van der Waals surface area contributed by atoms with Crippen molar-refractivity contribution in [2.45, 2.75) is 6.92 Å². The molecule has 5 nitrogen and oxygen atoms in total. The van der Waals surface area contributed by atoms with Crippen molar-refractivity contribution in [3.63, 3.8) is 0 Å². The first-order valence-corrected chi connectivity index (χ1v) is 9.64. The minimum Gasteiger partial charge on any atom is -0.483 e. The van der Waals surface area contributed by atoms with Gasteiger partial charge in [-0.25, -0.2) is 4.98 Å². The highest BCUT2D eigenvalue weighted by Gasteiger charge is 2.19. The van der Waals surface area contributed by atoms with Crippen molar-refractivity contribution in [2.24, 2.45) is 0 Å². The van der Waals surface area contributed by atoms with Crippen LogP contribution in [-0.4, -0.2) is 48.7 Å². The molecule has 0 N–H and O–H groups in total. The number of fused-ring (bicyclic) bond motifs is 1. The third-order valence-corrected chi connectivity index (χ3v) is 5.12. The Morgan fingerprint density at radius 2 is 1.93 bits per heavy atom. The number of carbonyl (C=O) groups excluding carboxylic acids is 1. The van der Waals surface area contributed by atoms with Crippen molar-refractivity contribution in [3.05, 3.63) is 59.1 Å². The molecule has 2 heterocycles. The van der Waals surface area contributed by atoms with Gasteiger partial charge in [0.05, 0.1) is 34.8 Å². The van der Waals surface area contributed by atoms with Gasteiger partial charge in [0.25, 0.3) is 5.91 Å².